The summed E-state index contributed by atoms with van der Waals surface area (Å²) in [7, 11) is 1.33. The van der Waals surface area contributed by atoms with Crippen LogP contribution in [0.2, 0.25) is 0 Å². The van der Waals surface area contributed by atoms with Crippen LogP contribution < -0.4 is 10.5 Å². The summed E-state index contributed by atoms with van der Waals surface area (Å²) >= 11 is 0. The smallest absolute Gasteiger partial charge is 0.416 e. The number of hydrogen-bond acceptors (Lipinski definition) is 2. The fourth-order valence-corrected chi connectivity index (χ4v) is 1.46. The molecule has 0 radical (unpaired) electrons. The van der Waals surface area contributed by atoms with Crippen LogP contribution in [0.3, 0.4) is 0 Å². The Morgan fingerprint density at radius 2 is 2.00 bits per heavy atom. The Hall–Kier alpha value is -1.23. The highest BCUT2D eigenvalue weighted by Gasteiger charge is 2.34. The van der Waals surface area contributed by atoms with E-state index in [0.29, 0.717) is 0 Å². The van der Waals surface area contributed by atoms with Crippen LogP contribution in [0.4, 0.5) is 13.2 Å². The average molecular weight is 233 g/mol. The molecular formula is C11H14F3NO. The molecule has 1 atom stereocenters. The van der Waals surface area contributed by atoms with Crippen molar-refractivity contribution >= 4 is 0 Å². The minimum Gasteiger partial charge on any atom is -0.497 e. The van der Waals surface area contributed by atoms with Crippen molar-refractivity contribution in [1.82, 2.24) is 0 Å². The van der Waals surface area contributed by atoms with Gasteiger partial charge in [0.25, 0.3) is 0 Å². The summed E-state index contributed by atoms with van der Waals surface area (Å²) in [5, 5.41) is 0. The Morgan fingerprint density at radius 3 is 2.44 bits per heavy atom. The first kappa shape index (κ1) is 12.8. The van der Waals surface area contributed by atoms with Crippen LogP contribution in [-0.2, 0) is 6.18 Å². The van der Waals surface area contributed by atoms with Crippen molar-refractivity contribution in [3.8, 4) is 5.75 Å². The maximum atomic E-state index is 12.8. The molecule has 1 aromatic carbocycles. The van der Waals surface area contributed by atoms with E-state index < -0.39 is 11.7 Å². The molecule has 0 bridgehead atoms. The maximum absolute atomic E-state index is 12.8. The van der Waals surface area contributed by atoms with Gasteiger partial charge in [-0.25, -0.2) is 0 Å². The minimum atomic E-state index is -4.38. The number of nitrogens with two attached hydrogens (primary N) is 1. The number of alkyl halides is 3. The molecule has 1 unspecified atom stereocenters. The molecule has 0 aromatic heterocycles. The summed E-state index contributed by atoms with van der Waals surface area (Å²) in [6.45, 7) is 1.84. The lowest BCUT2D eigenvalue weighted by Crippen LogP contribution is -2.16. The largest absolute Gasteiger partial charge is 0.497 e. The lowest BCUT2D eigenvalue weighted by molar-refractivity contribution is -0.138. The topological polar surface area (TPSA) is 35.2 Å². The lowest BCUT2D eigenvalue weighted by atomic mass is 9.95. The fourth-order valence-electron chi connectivity index (χ4n) is 1.46. The molecule has 2 nitrogen and oxygen atoms in total. The molecule has 0 fully saturated rings. The van der Waals surface area contributed by atoms with Crippen LogP contribution in [0.15, 0.2) is 18.2 Å². The molecule has 0 aliphatic heterocycles. The number of ether oxygens (including phenoxy) is 1. The van der Waals surface area contributed by atoms with E-state index in [2.05, 4.69) is 0 Å². The van der Waals surface area contributed by atoms with E-state index in [4.69, 9.17) is 10.5 Å². The van der Waals surface area contributed by atoms with Gasteiger partial charge in [-0.15, -0.1) is 0 Å². The normalized spacial score (nSPS) is 13.6. The third-order valence-corrected chi connectivity index (χ3v) is 2.45. The van der Waals surface area contributed by atoms with Crippen LogP contribution >= 0.6 is 0 Å². The van der Waals surface area contributed by atoms with E-state index in [0.717, 1.165) is 6.07 Å². The van der Waals surface area contributed by atoms with Crippen molar-refractivity contribution in [2.24, 2.45) is 5.73 Å². The van der Waals surface area contributed by atoms with Gasteiger partial charge >= 0.3 is 6.18 Å². The highest BCUT2D eigenvalue weighted by Crippen LogP contribution is 2.37. The van der Waals surface area contributed by atoms with Gasteiger partial charge < -0.3 is 10.5 Å². The lowest BCUT2D eigenvalue weighted by Gasteiger charge is -2.17. The van der Waals surface area contributed by atoms with Crippen molar-refractivity contribution in [3.05, 3.63) is 29.3 Å². The van der Waals surface area contributed by atoms with Crippen molar-refractivity contribution in [2.45, 2.75) is 19.0 Å². The van der Waals surface area contributed by atoms with E-state index in [-0.39, 0.29) is 23.8 Å². The number of rotatable bonds is 3. The monoisotopic (exact) mass is 233 g/mol. The molecule has 0 aliphatic rings. The van der Waals surface area contributed by atoms with Gasteiger partial charge in [0.2, 0.25) is 0 Å². The first-order chi connectivity index (χ1) is 7.40. The van der Waals surface area contributed by atoms with Gasteiger partial charge in [0.05, 0.1) is 12.7 Å². The summed E-state index contributed by atoms with van der Waals surface area (Å²) in [5.41, 5.74) is 4.92. The van der Waals surface area contributed by atoms with Crippen molar-refractivity contribution in [3.63, 3.8) is 0 Å². The van der Waals surface area contributed by atoms with Crippen molar-refractivity contribution in [2.75, 3.05) is 13.7 Å². The average Bonchev–Trinajstić information content (AvgIpc) is 2.26. The molecule has 1 aromatic rings. The summed E-state index contributed by atoms with van der Waals surface area (Å²) in [5.74, 6) is -0.136. The molecule has 1 rings (SSSR count). The van der Waals surface area contributed by atoms with Crippen LogP contribution in [-0.4, -0.2) is 13.7 Å². The number of hydrogen-bond donors (Lipinski definition) is 1. The van der Waals surface area contributed by atoms with Crippen LogP contribution in [0, 0.1) is 0 Å². The second-order valence-corrected chi connectivity index (χ2v) is 3.59. The van der Waals surface area contributed by atoms with Crippen molar-refractivity contribution < 1.29 is 17.9 Å². The molecule has 0 spiro atoms. The molecular weight excluding hydrogens is 219 g/mol. The molecule has 90 valence electrons. The summed E-state index contributed by atoms with van der Waals surface area (Å²) in [4.78, 5) is 0. The summed E-state index contributed by atoms with van der Waals surface area (Å²) < 4.78 is 43.1. The van der Waals surface area contributed by atoms with Crippen molar-refractivity contribution in [1.29, 1.82) is 0 Å². The number of benzene rings is 1. The zero-order chi connectivity index (χ0) is 12.3. The zero-order valence-electron chi connectivity index (χ0n) is 9.14. The number of halogens is 3. The highest BCUT2D eigenvalue weighted by atomic mass is 19.4. The Balaban J connectivity index is 3.27. The Bertz CT molecular complexity index is 363. The standard InChI is InChI=1S/C11H14F3NO/c1-7(6-15)9-4-3-8(16-2)5-10(9)11(12,13)14/h3-5,7H,6,15H2,1-2H3. The molecule has 0 amide bonds. The van der Waals surface area contributed by atoms with Gasteiger partial charge in [0.15, 0.2) is 0 Å². The third-order valence-electron chi connectivity index (χ3n) is 2.45. The molecule has 0 heterocycles. The van der Waals surface area contributed by atoms with Crippen LogP contribution in [0.5, 0.6) is 5.75 Å². The SMILES string of the molecule is COc1ccc(C(C)CN)c(C(F)(F)F)c1. The first-order valence-corrected chi connectivity index (χ1v) is 4.85. The van der Waals surface area contributed by atoms with Gasteiger partial charge in [-0.1, -0.05) is 13.0 Å². The molecule has 2 N–H and O–H groups in total. The minimum absolute atomic E-state index is 0.176. The predicted octanol–water partition coefficient (Wildman–Crippen LogP) is 2.78. The van der Waals surface area contributed by atoms with Gasteiger partial charge in [0, 0.05) is 0 Å². The van der Waals surface area contributed by atoms with E-state index in [1.54, 1.807) is 6.92 Å². The predicted molar refractivity (Wildman–Crippen MR) is 55.5 cm³/mol. The Morgan fingerprint density at radius 1 is 1.38 bits per heavy atom. The second kappa shape index (κ2) is 4.74. The molecule has 0 saturated carbocycles. The Kier molecular flexibility index (Phi) is 3.80. The maximum Gasteiger partial charge on any atom is 0.416 e. The Labute approximate surface area is 92.2 Å². The highest BCUT2D eigenvalue weighted by molar-refractivity contribution is 5.39. The molecule has 16 heavy (non-hydrogen) atoms. The van der Waals surface area contributed by atoms with Gasteiger partial charge in [-0.3, -0.25) is 0 Å². The fraction of sp³-hybridized carbons (Fsp3) is 0.455. The van der Waals surface area contributed by atoms with E-state index in [1.165, 1.54) is 19.2 Å². The second-order valence-electron chi connectivity index (χ2n) is 3.59. The third kappa shape index (κ3) is 2.66. The van der Waals surface area contributed by atoms with Gasteiger partial charge in [0.1, 0.15) is 5.75 Å². The van der Waals surface area contributed by atoms with Gasteiger partial charge in [-0.05, 0) is 30.2 Å². The summed E-state index contributed by atoms with van der Waals surface area (Å²) in [6, 6.07) is 3.93. The van der Waals surface area contributed by atoms with Crippen LogP contribution in [0.1, 0.15) is 24.0 Å². The number of methoxy groups -OCH3 is 1. The molecule has 0 saturated heterocycles. The first-order valence-electron chi connectivity index (χ1n) is 4.85. The van der Waals surface area contributed by atoms with E-state index in [9.17, 15) is 13.2 Å². The van der Waals surface area contributed by atoms with Crippen LogP contribution in [0.25, 0.3) is 0 Å². The van der Waals surface area contributed by atoms with E-state index >= 15 is 0 Å². The van der Waals surface area contributed by atoms with Gasteiger partial charge in [-0.2, -0.15) is 13.2 Å². The quantitative estimate of drug-likeness (QED) is 0.871. The molecule has 5 heteroatoms. The van der Waals surface area contributed by atoms with E-state index in [1.807, 2.05) is 0 Å². The zero-order valence-corrected chi connectivity index (χ0v) is 9.14. The summed E-state index contributed by atoms with van der Waals surface area (Å²) in [6.07, 6.45) is -4.38. The molecule has 0 aliphatic carbocycles.